The Morgan fingerprint density at radius 2 is 1.82 bits per heavy atom. The molecule has 0 amide bonds. The average Bonchev–Trinajstić information content (AvgIpc) is 2.77. The monoisotopic (exact) mass is 259 g/mol. The fourth-order valence-electron chi connectivity index (χ4n) is 1.18. The number of aromatic amines is 1. The Bertz CT molecular complexity index is 605. The molecule has 0 atom stereocenters. The molecule has 5 nitrogen and oxygen atoms in total. The average molecular weight is 259 g/mol. The van der Waals surface area contributed by atoms with Crippen LogP contribution < -0.4 is 4.72 Å². The fraction of sp³-hybridized carbons (Fsp3) is 0. The summed E-state index contributed by atoms with van der Waals surface area (Å²) in [6, 6.07) is 4.21. The number of nitrogens with zero attached hydrogens (tertiary/aromatic N) is 1. The van der Waals surface area contributed by atoms with E-state index in [1.54, 1.807) is 0 Å². The summed E-state index contributed by atoms with van der Waals surface area (Å²) in [6.07, 6.45) is 1.21. The second-order valence-electron chi connectivity index (χ2n) is 3.12. The van der Waals surface area contributed by atoms with E-state index >= 15 is 0 Å². The maximum Gasteiger partial charge on any atom is 0.279 e. The number of para-hydroxylation sites is 1. The predicted octanol–water partition coefficient (Wildman–Crippen LogP) is 1.49. The number of aromatic nitrogens is 2. The summed E-state index contributed by atoms with van der Waals surface area (Å²) in [5.74, 6) is -1.99. The van der Waals surface area contributed by atoms with Gasteiger partial charge in [0.05, 0.1) is 6.20 Å². The molecule has 17 heavy (non-hydrogen) atoms. The number of halogens is 2. The number of rotatable bonds is 3. The molecule has 90 valence electrons. The van der Waals surface area contributed by atoms with Crippen LogP contribution in [0.1, 0.15) is 0 Å². The first-order chi connectivity index (χ1) is 8.00. The number of hydrogen-bond acceptors (Lipinski definition) is 3. The zero-order valence-corrected chi connectivity index (χ0v) is 9.13. The summed E-state index contributed by atoms with van der Waals surface area (Å²) in [5.41, 5.74) is -0.720. The summed E-state index contributed by atoms with van der Waals surface area (Å²) in [4.78, 5) is 0. The zero-order chi connectivity index (χ0) is 12.5. The molecule has 0 aliphatic heterocycles. The summed E-state index contributed by atoms with van der Waals surface area (Å²) in [6.45, 7) is 0. The van der Waals surface area contributed by atoms with Crippen molar-refractivity contribution in [2.24, 2.45) is 0 Å². The highest BCUT2D eigenvalue weighted by molar-refractivity contribution is 7.92. The minimum absolute atomic E-state index is 0.278. The van der Waals surface area contributed by atoms with Crippen molar-refractivity contribution in [2.45, 2.75) is 5.03 Å². The Hall–Kier alpha value is -1.96. The topological polar surface area (TPSA) is 74.8 Å². The molecule has 0 spiro atoms. The van der Waals surface area contributed by atoms with Gasteiger partial charge in [-0.2, -0.15) is 13.5 Å². The van der Waals surface area contributed by atoms with Crippen molar-refractivity contribution >= 4 is 15.7 Å². The summed E-state index contributed by atoms with van der Waals surface area (Å²) < 4.78 is 51.6. The van der Waals surface area contributed by atoms with Gasteiger partial charge in [-0.05, 0) is 18.2 Å². The van der Waals surface area contributed by atoms with Crippen LogP contribution in [0.2, 0.25) is 0 Å². The van der Waals surface area contributed by atoms with E-state index in [1.807, 2.05) is 4.72 Å². The van der Waals surface area contributed by atoms with Gasteiger partial charge in [-0.1, -0.05) is 6.07 Å². The minimum Gasteiger partial charge on any atom is -0.273 e. The second-order valence-corrected chi connectivity index (χ2v) is 4.77. The van der Waals surface area contributed by atoms with Crippen molar-refractivity contribution in [3.8, 4) is 0 Å². The van der Waals surface area contributed by atoms with E-state index in [0.717, 1.165) is 18.2 Å². The maximum absolute atomic E-state index is 13.2. The van der Waals surface area contributed by atoms with Crippen LogP contribution in [0, 0.1) is 11.6 Å². The van der Waals surface area contributed by atoms with E-state index in [-0.39, 0.29) is 5.03 Å². The normalized spacial score (nSPS) is 11.4. The highest BCUT2D eigenvalue weighted by Gasteiger charge is 2.19. The molecule has 0 saturated carbocycles. The molecule has 0 unspecified atom stereocenters. The van der Waals surface area contributed by atoms with Crippen molar-refractivity contribution in [1.82, 2.24) is 10.2 Å². The molecule has 1 heterocycles. The Kier molecular flexibility index (Phi) is 2.80. The lowest BCUT2D eigenvalue weighted by molar-refractivity contribution is 0.581. The second kappa shape index (κ2) is 4.13. The molecule has 0 aliphatic carbocycles. The Morgan fingerprint density at radius 1 is 1.18 bits per heavy atom. The lowest BCUT2D eigenvalue weighted by Crippen LogP contribution is -2.15. The van der Waals surface area contributed by atoms with Gasteiger partial charge in [-0.15, -0.1) is 0 Å². The van der Waals surface area contributed by atoms with Gasteiger partial charge in [0.1, 0.15) is 17.3 Å². The molecule has 0 bridgehead atoms. The Morgan fingerprint density at radius 3 is 2.35 bits per heavy atom. The molecule has 0 radical (unpaired) electrons. The van der Waals surface area contributed by atoms with E-state index < -0.39 is 27.3 Å². The third-order valence-corrected chi connectivity index (χ3v) is 3.24. The molecular weight excluding hydrogens is 252 g/mol. The quantitative estimate of drug-likeness (QED) is 0.876. The first-order valence-corrected chi connectivity index (χ1v) is 5.95. The number of nitrogens with one attached hydrogen (secondary N) is 2. The van der Waals surface area contributed by atoms with Gasteiger partial charge in [0, 0.05) is 0 Å². The Balaban J connectivity index is 2.40. The van der Waals surface area contributed by atoms with E-state index in [0.29, 0.717) is 0 Å². The highest BCUT2D eigenvalue weighted by Crippen LogP contribution is 2.21. The number of sulfonamides is 1. The number of benzene rings is 1. The van der Waals surface area contributed by atoms with Crippen molar-refractivity contribution < 1.29 is 17.2 Å². The lowest BCUT2D eigenvalue weighted by Gasteiger charge is -2.07. The first kappa shape index (κ1) is 11.5. The number of H-pyrrole nitrogens is 1. The first-order valence-electron chi connectivity index (χ1n) is 4.47. The van der Waals surface area contributed by atoms with Crippen LogP contribution in [-0.4, -0.2) is 18.6 Å². The van der Waals surface area contributed by atoms with Crippen molar-refractivity contribution in [3.05, 3.63) is 42.1 Å². The molecule has 2 N–H and O–H groups in total. The standard InChI is InChI=1S/C9H7F2N3O2S/c10-6-2-1-3-7(11)9(6)14-17(15,16)8-4-5-12-13-8/h1-5,14H,(H,12,13). The maximum atomic E-state index is 13.2. The van der Waals surface area contributed by atoms with Crippen LogP contribution in [0.4, 0.5) is 14.5 Å². The highest BCUT2D eigenvalue weighted by atomic mass is 32.2. The minimum atomic E-state index is -4.06. The number of hydrogen-bond donors (Lipinski definition) is 2. The largest absolute Gasteiger partial charge is 0.279 e. The van der Waals surface area contributed by atoms with Gasteiger partial charge in [0.25, 0.3) is 10.0 Å². The smallest absolute Gasteiger partial charge is 0.273 e. The third kappa shape index (κ3) is 2.26. The van der Waals surface area contributed by atoms with Crippen LogP contribution in [0.25, 0.3) is 0 Å². The van der Waals surface area contributed by atoms with Gasteiger partial charge in [0.15, 0.2) is 5.03 Å². The number of anilines is 1. The SMILES string of the molecule is O=S(=O)(Nc1c(F)cccc1F)c1ccn[nH]1. The molecule has 2 rings (SSSR count). The molecule has 0 aliphatic rings. The van der Waals surface area contributed by atoms with Gasteiger partial charge in [-0.3, -0.25) is 9.82 Å². The summed E-state index contributed by atoms with van der Waals surface area (Å²) in [7, 11) is -4.06. The van der Waals surface area contributed by atoms with E-state index in [1.165, 1.54) is 12.3 Å². The molecule has 8 heteroatoms. The molecule has 2 aromatic rings. The van der Waals surface area contributed by atoms with Gasteiger partial charge in [-0.25, -0.2) is 8.78 Å². The van der Waals surface area contributed by atoms with Crippen LogP contribution in [-0.2, 0) is 10.0 Å². The van der Waals surface area contributed by atoms with Gasteiger partial charge in [0.2, 0.25) is 0 Å². The molecule has 0 fully saturated rings. The predicted molar refractivity (Wildman–Crippen MR) is 55.8 cm³/mol. The fourth-order valence-corrected chi connectivity index (χ4v) is 2.16. The summed E-state index contributed by atoms with van der Waals surface area (Å²) in [5, 5.41) is 5.36. The lowest BCUT2D eigenvalue weighted by atomic mass is 10.3. The van der Waals surface area contributed by atoms with Gasteiger partial charge < -0.3 is 0 Å². The van der Waals surface area contributed by atoms with E-state index in [4.69, 9.17) is 0 Å². The van der Waals surface area contributed by atoms with Crippen LogP contribution in [0.5, 0.6) is 0 Å². The molecule has 0 saturated heterocycles. The molecule has 1 aromatic carbocycles. The summed E-state index contributed by atoms with van der Waals surface area (Å²) >= 11 is 0. The van der Waals surface area contributed by atoms with Gasteiger partial charge >= 0.3 is 0 Å². The van der Waals surface area contributed by atoms with Crippen LogP contribution >= 0.6 is 0 Å². The zero-order valence-electron chi connectivity index (χ0n) is 8.31. The third-order valence-electron chi connectivity index (χ3n) is 1.96. The molecular formula is C9H7F2N3O2S. The van der Waals surface area contributed by atoms with Crippen molar-refractivity contribution in [2.75, 3.05) is 4.72 Å². The van der Waals surface area contributed by atoms with Crippen molar-refractivity contribution in [1.29, 1.82) is 0 Å². The van der Waals surface area contributed by atoms with E-state index in [9.17, 15) is 17.2 Å². The van der Waals surface area contributed by atoms with Crippen LogP contribution in [0.3, 0.4) is 0 Å². The van der Waals surface area contributed by atoms with Crippen LogP contribution in [0.15, 0.2) is 35.5 Å². The Labute approximate surface area is 95.5 Å². The van der Waals surface area contributed by atoms with E-state index in [2.05, 4.69) is 10.2 Å². The van der Waals surface area contributed by atoms with Crippen molar-refractivity contribution in [3.63, 3.8) is 0 Å². The molecule has 1 aromatic heterocycles.